The predicted octanol–water partition coefficient (Wildman–Crippen LogP) is 1.30. The molecule has 1 fully saturated rings. The van der Waals surface area contributed by atoms with Crippen LogP contribution in [0.1, 0.15) is 33.1 Å². The molecule has 1 atom stereocenters. The van der Waals surface area contributed by atoms with Crippen molar-refractivity contribution in [3.8, 4) is 0 Å². The third kappa shape index (κ3) is 4.21. The van der Waals surface area contributed by atoms with E-state index in [4.69, 9.17) is 5.73 Å². The summed E-state index contributed by atoms with van der Waals surface area (Å²) in [6.07, 6.45) is 3.17. The molecular formula is C14H24N6O. The maximum atomic E-state index is 12.3. The molecule has 7 heteroatoms. The number of nitrogens with one attached hydrogen (secondary N) is 2. The summed E-state index contributed by atoms with van der Waals surface area (Å²) in [4.78, 5) is 22.4. The molecule has 0 radical (unpaired) electrons. The van der Waals surface area contributed by atoms with Gasteiger partial charge < -0.3 is 21.3 Å². The monoisotopic (exact) mass is 292 g/mol. The van der Waals surface area contributed by atoms with Gasteiger partial charge in [-0.05, 0) is 26.2 Å². The Hall–Kier alpha value is -2.05. The standard InChI is InChI=1S/C14H24N6O/c1-3-6-16-11-9-12(19-14(15)18-11)17-10(2)13(21)20-7-4-5-8-20/h9-10H,3-8H2,1-2H3,(H4,15,16,17,18,19). The lowest BCUT2D eigenvalue weighted by atomic mass is 10.3. The number of anilines is 3. The Labute approximate surface area is 125 Å². The Morgan fingerprint density at radius 1 is 1.38 bits per heavy atom. The highest BCUT2D eigenvalue weighted by atomic mass is 16.2. The Morgan fingerprint density at radius 3 is 2.71 bits per heavy atom. The van der Waals surface area contributed by atoms with Gasteiger partial charge in [-0.15, -0.1) is 0 Å². The van der Waals surface area contributed by atoms with Gasteiger partial charge in [-0.3, -0.25) is 4.79 Å². The number of amides is 1. The second-order valence-electron chi connectivity index (χ2n) is 5.32. The van der Waals surface area contributed by atoms with Gasteiger partial charge in [0.1, 0.15) is 17.7 Å². The lowest BCUT2D eigenvalue weighted by Crippen LogP contribution is -2.39. The van der Waals surface area contributed by atoms with Gasteiger partial charge >= 0.3 is 0 Å². The minimum Gasteiger partial charge on any atom is -0.370 e. The van der Waals surface area contributed by atoms with E-state index < -0.39 is 0 Å². The van der Waals surface area contributed by atoms with Gasteiger partial charge in [-0.2, -0.15) is 9.97 Å². The van der Waals surface area contributed by atoms with Crippen molar-refractivity contribution < 1.29 is 4.79 Å². The van der Waals surface area contributed by atoms with Crippen LogP contribution >= 0.6 is 0 Å². The predicted molar refractivity (Wildman–Crippen MR) is 84.1 cm³/mol. The number of likely N-dealkylation sites (tertiary alicyclic amines) is 1. The molecular weight excluding hydrogens is 268 g/mol. The largest absolute Gasteiger partial charge is 0.370 e. The lowest BCUT2D eigenvalue weighted by molar-refractivity contribution is -0.130. The highest BCUT2D eigenvalue weighted by molar-refractivity contribution is 5.84. The zero-order chi connectivity index (χ0) is 15.2. The van der Waals surface area contributed by atoms with Gasteiger partial charge in [0.05, 0.1) is 0 Å². The fourth-order valence-electron chi connectivity index (χ4n) is 2.38. The molecule has 7 nitrogen and oxygen atoms in total. The summed E-state index contributed by atoms with van der Waals surface area (Å²) < 4.78 is 0. The molecule has 0 aliphatic carbocycles. The van der Waals surface area contributed by atoms with Crippen LogP contribution < -0.4 is 16.4 Å². The molecule has 0 saturated carbocycles. The van der Waals surface area contributed by atoms with Crippen molar-refractivity contribution >= 4 is 23.5 Å². The molecule has 1 saturated heterocycles. The summed E-state index contributed by atoms with van der Waals surface area (Å²) in [7, 11) is 0. The average Bonchev–Trinajstić information content (AvgIpc) is 2.97. The summed E-state index contributed by atoms with van der Waals surface area (Å²) in [5, 5.41) is 6.28. The Bertz CT molecular complexity index is 486. The van der Waals surface area contributed by atoms with Gasteiger partial charge in [0.25, 0.3) is 0 Å². The number of nitrogen functional groups attached to an aromatic ring is 1. The van der Waals surface area contributed by atoms with Crippen LogP contribution in [-0.4, -0.2) is 46.5 Å². The van der Waals surface area contributed by atoms with E-state index in [2.05, 4.69) is 27.5 Å². The Kier molecular flexibility index (Phi) is 5.19. The minimum absolute atomic E-state index is 0.104. The van der Waals surface area contributed by atoms with E-state index >= 15 is 0 Å². The molecule has 1 unspecified atom stereocenters. The van der Waals surface area contributed by atoms with Gasteiger partial charge in [0, 0.05) is 25.7 Å². The number of hydrogen-bond acceptors (Lipinski definition) is 6. The number of carbonyl (C=O) groups is 1. The first kappa shape index (κ1) is 15.3. The number of hydrogen-bond donors (Lipinski definition) is 3. The smallest absolute Gasteiger partial charge is 0.244 e. The second kappa shape index (κ2) is 7.10. The van der Waals surface area contributed by atoms with Crippen LogP contribution in [0.15, 0.2) is 6.07 Å². The maximum absolute atomic E-state index is 12.3. The molecule has 1 aliphatic rings. The van der Waals surface area contributed by atoms with Crippen LogP contribution in [-0.2, 0) is 4.79 Å². The molecule has 1 amide bonds. The Balaban J connectivity index is 2.00. The Morgan fingerprint density at radius 2 is 2.05 bits per heavy atom. The first-order valence-corrected chi connectivity index (χ1v) is 7.54. The van der Waals surface area contributed by atoms with E-state index in [1.807, 2.05) is 11.8 Å². The molecule has 1 aromatic rings. The first-order valence-electron chi connectivity index (χ1n) is 7.54. The van der Waals surface area contributed by atoms with Crippen LogP contribution in [0, 0.1) is 0 Å². The number of rotatable bonds is 6. The van der Waals surface area contributed by atoms with Crippen LogP contribution in [0.4, 0.5) is 17.6 Å². The van der Waals surface area contributed by atoms with Crippen LogP contribution in [0.2, 0.25) is 0 Å². The summed E-state index contributed by atoms with van der Waals surface area (Å²) in [6, 6.07) is 1.45. The summed E-state index contributed by atoms with van der Waals surface area (Å²) in [6.45, 7) is 6.43. The summed E-state index contributed by atoms with van der Waals surface area (Å²) in [5.74, 6) is 1.54. The molecule has 1 aliphatic heterocycles. The summed E-state index contributed by atoms with van der Waals surface area (Å²) >= 11 is 0. The maximum Gasteiger partial charge on any atom is 0.244 e. The van der Waals surface area contributed by atoms with E-state index in [9.17, 15) is 4.79 Å². The number of aromatic nitrogens is 2. The second-order valence-corrected chi connectivity index (χ2v) is 5.32. The van der Waals surface area contributed by atoms with E-state index in [1.165, 1.54) is 0 Å². The van der Waals surface area contributed by atoms with E-state index in [0.29, 0.717) is 11.6 Å². The highest BCUT2D eigenvalue weighted by Gasteiger charge is 2.23. The molecule has 0 spiro atoms. The van der Waals surface area contributed by atoms with E-state index in [1.54, 1.807) is 6.07 Å². The molecule has 1 aromatic heterocycles. The van der Waals surface area contributed by atoms with Crippen molar-refractivity contribution in [2.24, 2.45) is 0 Å². The highest BCUT2D eigenvalue weighted by Crippen LogP contribution is 2.15. The lowest BCUT2D eigenvalue weighted by Gasteiger charge is -2.21. The number of carbonyl (C=O) groups excluding carboxylic acids is 1. The summed E-state index contributed by atoms with van der Waals surface area (Å²) in [5.41, 5.74) is 5.71. The molecule has 116 valence electrons. The van der Waals surface area contributed by atoms with E-state index in [-0.39, 0.29) is 17.9 Å². The van der Waals surface area contributed by atoms with Crippen molar-refractivity contribution in [2.45, 2.75) is 39.2 Å². The van der Waals surface area contributed by atoms with Gasteiger partial charge in [-0.25, -0.2) is 0 Å². The van der Waals surface area contributed by atoms with Crippen molar-refractivity contribution in [1.82, 2.24) is 14.9 Å². The van der Waals surface area contributed by atoms with Crippen LogP contribution in [0.3, 0.4) is 0 Å². The van der Waals surface area contributed by atoms with Gasteiger partial charge in [-0.1, -0.05) is 6.92 Å². The number of nitrogens with zero attached hydrogens (tertiary/aromatic N) is 3. The van der Waals surface area contributed by atoms with Gasteiger partial charge in [0.15, 0.2) is 0 Å². The van der Waals surface area contributed by atoms with Crippen molar-refractivity contribution in [3.05, 3.63) is 6.07 Å². The number of nitrogens with two attached hydrogens (primary N) is 1. The van der Waals surface area contributed by atoms with Crippen molar-refractivity contribution in [3.63, 3.8) is 0 Å². The quantitative estimate of drug-likeness (QED) is 0.731. The first-order chi connectivity index (χ1) is 10.1. The SMILES string of the molecule is CCCNc1cc(NC(C)C(=O)N2CCCC2)nc(N)n1. The zero-order valence-corrected chi connectivity index (χ0v) is 12.7. The molecule has 0 bridgehead atoms. The topological polar surface area (TPSA) is 96.2 Å². The zero-order valence-electron chi connectivity index (χ0n) is 12.7. The average molecular weight is 292 g/mol. The molecule has 4 N–H and O–H groups in total. The normalized spacial score (nSPS) is 15.8. The van der Waals surface area contributed by atoms with E-state index in [0.717, 1.165) is 38.9 Å². The van der Waals surface area contributed by atoms with Crippen LogP contribution in [0.25, 0.3) is 0 Å². The van der Waals surface area contributed by atoms with Crippen LogP contribution in [0.5, 0.6) is 0 Å². The fraction of sp³-hybridized carbons (Fsp3) is 0.643. The third-order valence-electron chi connectivity index (χ3n) is 3.45. The molecule has 21 heavy (non-hydrogen) atoms. The van der Waals surface area contributed by atoms with Crippen molar-refractivity contribution in [2.75, 3.05) is 36.0 Å². The molecule has 2 heterocycles. The minimum atomic E-state index is -0.323. The van der Waals surface area contributed by atoms with Crippen molar-refractivity contribution in [1.29, 1.82) is 0 Å². The third-order valence-corrected chi connectivity index (χ3v) is 3.45. The fourth-order valence-corrected chi connectivity index (χ4v) is 2.38. The molecule has 0 aromatic carbocycles. The van der Waals surface area contributed by atoms with Gasteiger partial charge in [0.2, 0.25) is 11.9 Å². The molecule has 2 rings (SSSR count).